The Morgan fingerprint density at radius 3 is 2.62 bits per heavy atom. The lowest BCUT2D eigenvalue weighted by Crippen LogP contribution is -2.45. The number of nitrogens with zero attached hydrogens (tertiary/aromatic N) is 1. The molecule has 5 heteroatoms. The van der Waals surface area contributed by atoms with E-state index < -0.39 is 5.54 Å². The molecule has 0 spiro atoms. The van der Waals surface area contributed by atoms with Crippen LogP contribution in [0, 0.1) is 5.92 Å². The molecule has 2 atom stereocenters. The Bertz CT molecular complexity index is 344. The van der Waals surface area contributed by atoms with Gasteiger partial charge in [0.15, 0.2) is 0 Å². The first-order chi connectivity index (χ1) is 10.1. The summed E-state index contributed by atoms with van der Waals surface area (Å²) in [4.78, 5) is 14.7. The number of amides is 1. The maximum atomic E-state index is 12.7. The molecule has 2 unspecified atom stereocenters. The Labute approximate surface area is 128 Å². The zero-order valence-corrected chi connectivity index (χ0v) is 13.7. The molecule has 21 heavy (non-hydrogen) atoms. The second-order valence-corrected chi connectivity index (χ2v) is 6.42. The topological polar surface area (TPSA) is 50.8 Å². The molecular formula is C16H30N2O3. The zero-order chi connectivity index (χ0) is 15.3. The predicted molar refractivity (Wildman–Crippen MR) is 82.0 cm³/mol. The molecule has 1 N–H and O–H groups in total. The first-order valence-corrected chi connectivity index (χ1v) is 8.28. The Balaban J connectivity index is 1.94. The first-order valence-electron chi connectivity index (χ1n) is 8.28. The summed E-state index contributed by atoms with van der Waals surface area (Å²) >= 11 is 0. The van der Waals surface area contributed by atoms with Gasteiger partial charge in [0, 0.05) is 13.7 Å². The van der Waals surface area contributed by atoms with Gasteiger partial charge >= 0.3 is 0 Å². The minimum absolute atomic E-state index is 0.191. The van der Waals surface area contributed by atoms with E-state index in [1.807, 2.05) is 11.8 Å². The van der Waals surface area contributed by atoms with Gasteiger partial charge in [-0.05, 0) is 32.1 Å². The number of carbonyl (C=O) groups excluding carboxylic acids is 1. The molecule has 0 aromatic rings. The fourth-order valence-electron chi connectivity index (χ4n) is 3.46. The standard InChI is InChI=1S/C16H30N2O3/c1-4-16(2)15(19)18(9-10-21-12-11-20-3)14(17-16)13-7-5-6-8-13/h13-14,17H,4-12H2,1-3H3. The molecule has 2 fully saturated rings. The molecule has 5 nitrogen and oxygen atoms in total. The highest BCUT2D eigenvalue weighted by atomic mass is 16.5. The van der Waals surface area contributed by atoms with Crippen LogP contribution in [0.1, 0.15) is 46.0 Å². The van der Waals surface area contributed by atoms with Gasteiger partial charge in [-0.15, -0.1) is 0 Å². The van der Waals surface area contributed by atoms with Crippen LogP contribution in [-0.2, 0) is 14.3 Å². The third-order valence-electron chi connectivity index (χ3n) is 5.00. The molecule has 0 aromatic carbocycles. The summed E-state index contributed by atoms with van der Waals surface area (Å²) in [5, 5.41) is 3.61. The van der Waals surface area contributed by atoms with Crippen molar-refractivity contribution in [3.8, 4) is 0 Å². The third-order valence-corrected chi connectivity index (χ3v) is 5.00. The highest BCUT2D eigenvalue weighted by Crippen LogP contribution is 2.35. The number of carbonyl (C=O) groups is 1. The van der Waals surface area contributed by atoms with E-state index in [1.54, 1.807) is 7.11 Å². The summed E-state index contributed by atoms with van der Waals surface area (Å²) in [7, 11) is 1.67. The Morgan fingerprint density at radius 1 is 1.29 bits per heavy atom. The highest BCUT2D eigenvalue weighted by molar-refractivity contribution is 5.88. The minimum Gasteiger partial charge on any atom is -0.382 e. The summed E-state index contributed by atoms with van der Waals surface area (Å²) in [6, 6.07) is 0. The predicted octanol–water partition coefficient (Wildman–Crippen LogP) is 1.77. The van der Waals surface area contributed by atoms with Crippen molar-refractivity contribution in [2.75, 3.05) is 33.5 Å². The Hall–Kier alpha value is -0.650. The van der Waals surface area contributed by atoms with Crippen molar-refractivity contribution in [1.29, 1.82) is 0 Å². The van der Waals surface area contributed by atoms with Gasteiger partial charge in [-0.3, -0.25) is 10.1 Å². The van der Waals surface area contributed by atoms with Crippen molar-refractivity contribution in [2.45, 2.75) is 57.7 Å². The molecular weight excluding hydrogens is 268 g/mol. The van der Waals surface area contributed by atoms with Crippen LogP contribution in [0.5, 0.6) is 0 Å². The molecule has 1 aliphatic carbocycles. The lowest BCUT2D eigenvalue weighted by Gasteiger charge is -2.29. The van der Waals surface area contributed by atoms with Crippen molar-refractivity contribution in [3.63, 3.8) is 0 Å². The van der Waals surface area contributed by atoms with E-state index in [9.17, 15) is 4.79 Å². The van der Waals surface area contributed by atoms with Gasteiger partial charge in [0.05, 0.1) is 31.5 Å². The van der Waals surface area contributed by atoms with E-state index in [-0.39, 0.29) is 12.1 Å². The highest BCUT2D eigenvalue weighted by Gasteiger charge is 2.49. The minimum atomic E-state index is -0.403. The van der Waals surface area contributed by atoms with Crippen LogP contribution < -0.4 is 5.32 Å². The molecule has 1 saturated carbocycles. The van der Waals surface area contributed by atoms with Gasteiger partial charge in [0.25, 0.3) is 0 Å². The lowest BCUT2D eigenvalue weighted by molar-refractivity contribution is -0.134. The van der Waals surface area contributed by atoms with Gasteiger partial charge < -0.3 is 14.4 Å². The van der Waals surface area contributed by atoms with E-state index >= 15 is 0 Å². The molecule has 2 aliphatic rings. The van der Waals surface area contributed by atoms with Crippen LogP contribution in [-0.4, -0.2) is 56.0 Å². The molecule has 122 valence electrons. The van der Waals surface area contributed by atoms with Crippen LogP contribution in [0.2, 0.25) is 0 Å². The smallest absolute Gasteiger partial charge is 0.243 e. The number of nitrogens with one attached hydrogen (secondary N) is 1. The zero-order valence-electron chi connectivity index (χ0n) is 13.7. The van der Waals surface area contributed by atoms with Crippen molar-refractivity contribution in [3.05, 3.63) is 0 Å². The maximum Gasteiger partial charge on any atom is 0.243 e. The summed E-state index contributed by atoms with van der Waals surface area (Å²) < 4.78 is 10.5. The quantitative estimate of drug-likeness (QED) is 0.694. The normalized spacial score (nSPS) is 30.5. The van der Waals surface area contributed by atoms with Crippen LogP contribution >= 0.6 is 0 Å². The van der Waals surface area contributed by atoms with Crippen molar-refractivity contribution < 1.29 is 14.3 Å². The number of ether oxygens (including phenoxy) is 2. The van der Waals surface area contributed by atoms with Crippen molar-refractivity contribution in [2.24, 2.45) is 5.92 Å². The van der Waals surface area contributed by atoms with E-state index in [2.05, 4.69) is 12.2 Å². The number of hydrogen-bond donors (Lipinski definition) is 1. The molecule has 2 rings (SSSR count). The molecule has 1 saturated heterocycles. The summed E-state index contributed by atoms with van der Waals surface area (Å²) in [6.07, 6.45) is 6.06. The van der Waals surface area contributed by atoms with E-state index in [4.69, 9.17) is 9.47 Å². The average molecular weight is 298 g/mol. The van der Waals surface area contributed by atoms with Gasteiger partial charge in [0.1, 0.15) is 0 Å². The summed E-state index contributed by atoms with van der Waals surface area (Å²) in [6.45, 7) is 6.56. The number of hydrogen-bond acceptors (Lipinski definition) is 4. The van der Waals surface area contributed by atoms with Crippen LogP contribution in [0.25, 0.3) is 0 Å². The number of methoxy groups -OCH3 is 1. The monoisotopic (exact) mass is 298 g/mol. The van der Waals surface area contributed by atoms with Crippen molar-refractivity contribution in [1.82, 2.24) is 10.2 Å². The molecule has 0 radical (unpaired) electrons. The molecule has 0 aromatic heterocycles. The van der Waals surface area contributed by atoms with E-state index in [0.717, 1.165) is 6.42 Å². The maximum absolute atomic E-state index is 12.7. The second kappa shape index (κ2) is 7.56. The van der Waals surface area contributed by atoms with Gasteiger partial charge in [-0.2, -0.15) is 0 Å². The van der Waals surface area contributed by atoms with Crippen LogP contribution in [0.3, 0.4) is 0 Å². The molecule has 1 aliphatic heterocycles. The fraction of sp³-hybridized carbons (Fsp3) is 0.938. The summed E-state index contributed by atoms with van der Waals surface area (Å²) in [5.41, 5.74) is -0.403. The van der Waals surface area contributed by atoms with Gasteiger partial charge in [-0.1, -0.05) is 19.8 Å². The van der Waals surface area contributed by atoms with Gasteiger partial charge in [-0.25, -0.2) is 0 Å². The molecule has 1 amide bonds. The largest absolute Gasteiger partial charge is 0.382 e. The molecule has 0 bridgehead atoms. The fourth-order valence-corrected chi connectivity index (χ4v) is 3.46. The Kier molecular flexibility index (Phi) is 6.02. The SMILES string of the molecule is CCC1(C)NC(C2CCCC2)N(CCOCCOC)C1=O. The molecule has 1 heterocycles. The summed E-state index contributed by atoms with van der Waals surface area (Å²) in [5.74, 6) is 0.832. The Morgan fingerprint density at radius 2 is 2.00 bits per heavy atom. The van der Waals surface area contributed by atoms with Crippen molar-refractivity contribution >= 4 is 5.91 Å². The second-order valence-electron chi connectivity index (χ2n) is 6.42. The van der Waals surface area contributed by atoms with E-state index in [1.165, 1.54) is 25.7 Å². The van der Waals surface area contributed by atoms with Crippen LogP contribution in [0.4, 0.5) is 0 Å². The van der Waals surface area contributed by atoms with E-state index in [0.29, 0.717) is 32.3 Å². The van der Waals surface area contributed by atoms with Gasteiger partial charge in [0.2, 0.25) is 5.91 Å². The average Bonchev–Trinajstić information content (AvgIpc) is 3.09. The lowest BCUT2D eigenvalue weighted by atomic mass is 9.99. The third kappa shape index (κ3) is 3.76. The number of rotatable bonds is 8. The first kappa shape index (κ1) is 16.7. The van der Waals surface area contributed by atoms with Crippen LogP contribution in [0.15, 0.2) is 0 Å².